The number of nitro benzene ring substituents is 1. The molecule has 4 aromatic carbocycles. The number of imide groups is 1. The fraction of sp³-hybridized carbons (Fsp3) is 0.257. The summed E-state index contributed by atoms with van der Waals surface area (Å²) >= 11 is 0. The van der Waals surface area contributed by atoms with Crippen molar-refractivity contribution in [2.75, 3.05) is 23.2 Å². The molecule has 0 aromatic heterocycles. The van der Waals surface area contributed by atoms with E-state index in [1.807, 2.05) is 44.2 Å². The molecule has 0 bridgehead atoms. The van der Waals surface area contributed by atoms with Crippen LogP contribution in [0.4, 0.5) is 17.1 Å². The minimum Gasteiger partial charge on any atom is -0.494 e. The minimum atomic E-state index is -1.16. The molecule has 0 radical (unpaired) electrons. The molecule has 2 aliphatic heterocycles. The summed E-state index contributed by atoms with van der Waals surface area (Å²) in [5.41, 5.74) is 2.18. The van der Waals surface area contributed by atoms with Gasteiger partial charge in [-0.2, -0.15) is 0 Å². The monoisotopic (exact) mass is 623 g/mol. The number of rotatable bonds is 12. The molecule has 2 heterocycles. The largest absolute Gasteiger partial charge is 0.494 e. The van der Waals surface area contributed by atoms with E-state index in [1.165, 1.54) is 23.3 Å². The van der Waals surface area contributed by atoms with Crippen LogP contribution in [0, 0.1) is 16.0 Å². The Labute approximate surface area is 266 Å². The van der Waals surface area contributed by atoms with Gasteiger partial charge < -0.3 is 14.2 Å². The van der Waals surface area contributed by atoms with Crippen molar-refractivity contribution in [2.45, 2.75) is 39.0 Å². The summed E-state index contributed by atoms with van der Waals surface area (Å²) < 4.78 is 17.7. The smallest absolute Gasteiger partial charge is 0.271 e. The van der Waals surface area contributed by atoms with Crippen LogP contribution in [0.3, 0.4) is 0 Å². The highest BCUT2D eigenvalue weighted by molar-refractivity contribution is 6.24. The van der Waals surface area contributed by atoms with Gasteiger partial charge in [-0.3, -0.25) is 24.5 Å². The zero-order chi connectivity index (χ0) is 32.2. The standard InChI is InChI=1S/C35H33N3O8/c1-3-19-44-28-16-14-25(15-17-28)36-34(39)31-32(37(46-33(31)35(36)40)26-11-8-12-27(21-26)38(41)42)24-13-18-29(30(20-24)43-4-2)45-22-23-9-6-5-7-10-23/h5-18,20-21,31-33H,3-4,19,22H2,1-2H3/t31-,32+,33+/m1/s1. The van der Waals surface area contributed by atoms with Gasteiger partial charge in [-0.25, -0.2) is 9.96 Å². The molecular formula is C35H33N3O8. The van der Waals surface area contributed by atoms with E-state index in [0.29, 0.717) is 54.0 Å². The number of nitrogens with zero attached hydrogens (tertiary/aromatic N) is 3. The molecule has 0 saturated carbocycles. The number of anilines is 2. The lowest BCUT2D eigenvalue weighted by molar-refractivity contribution is -0.384. The number of benzene rings is 4. The van der Waals surface area contributed by atoms with Crippen LogP contribution in [0.15, 0.2) is 97.1 Å². The zero-order valence-corrected chi connectivity index (χ0v) is 25.4. The van der Waals surface area contributed by atoms with Gasteiger partial charge in [0.2, 0.25) is 5.91 Å². The summed E-state index contributed by atoms with van der Waals surface area (Å²) in [7, 11) is 0. The van der Waals surface area contributed by atoms with Crippen molar-refractivity contribution in [1.82, 2.24) is 0 Å². The number of amides is 2. The number of hydrogen-bond acceptors (Lipinski definition) is 9. The van der Waals surface area contributed by atoms with Gasteiger partial charge in [0, 0.05) is 12.1 Å². The molecule has 2 fully saturated rings. The molecule has 236 valence electrons. The van der Waals surface area contributed by atoms with E-state index in [2.05, 4.69) is 0 Å². The van der Waals surface area contributed by atoms with Crippen molar-refractivity contribution < 1.29 is 33.6 Å². The van der Waals surface area contributed by atoms with Crippen LogP contribution in [0.1, 0.15) is 37.4 Å². The average molecular weight is 624 g/mol. The van der Waals surface area contributed by atoms with Gasteiger partial charge in [0.1, 0.15) is 18.3 Å². The maximum Gasteiger partial charge on any atom is 0.271 e. The first-order valence-electron chi connectivity index (χ1n) is 15.1. The number of carbonyl (C=O) groups is 2. The summed E-state index contributed by atoms with van der Waals surface area (Å²) in [6.07, 6.45) is -0.309. The minimum absolute atomic E-state index is 0.152. The second-order valence-corrected chi connectivity index (χ2v) is 10.9. The number of ether oxygens (including phenoxy) is 3. The molecule has 2 saturated heterocycles. The SMILES string of the molecule is CCCOc1ccc(N2C(=O)[C@H]3[C@H](ON(c4cccc([N+](=O)[O-])c4)[C@H]3c3ccc(OCc4ccccc4)c(OCC)c3)C2=O)cc1. The van der Waals surface area contributed by atoms with Crippen LogP contribution in [-0.4, -0.2) is 36.1 Å². The highest BCUT2D eigenvalue weighted by atomic mass is 16.7. The molecule has 6 rings (SSSR count). The third-order valence-corrected chi connectivity index (χ3v) is 7.82. The molecule has 11 nitrogen and oxygen atoms in total. The first-order chi connectivity index (χ1) is 22.4. The molecule has 3 atom stereocenters. The summed E-state index contributed by atoms with van der Waals surface area (Å²) in [5.74, 6) is -0.329. The molecule has 0 spiro atoms. The highest BCUT2D eigenvalue weighted by Gasteiger charge is 2.60. The van der Waals surface area contributed by atoms with Crippen molar-refractivity contribution in [3.8, 4) is 17.2 Å². The van der Waals surface area contributed by atoms with Crippen molar-refractivity contribution in [2.24, 2.45) is 5.92 Å². The van der Waals surface area contributed by atoms with Gasteiger partial charge in [0.15, 0.2) is 17.6 Å². The fourth-order valence-corrected chi connectivity index (χ4v) is 5.72. The van der Waals surface area contributed by atoms with Gasteiger partial charge in [-0.1, -0.05) is 49.4 Å². The van der Waals surface area contributed by atoms with Crippen LogP contribution in [0.5, 0.6) is 17.2 Å². The van der Waals surface area contributed by atoms with Crippen LogP contribution in [-0.2, 0) is 21.0 Å². The summed E-state index contributed by atoms with van der Waals surface area (Å²) in [5, 5.41) is 13.0. The third kappa shape index (κ3) is 5.96. The average Bonchev–Trinajstić information content (AvgIpc) is 3.59. The van der Waals surface area contributed by atoms with Crippen molar-refractivity contribution in [3.63, 3.8) is 0 Å². The Morgan fingerprint density at radius 1 is 0.804 bits per heavy atom. The van der Waals surface area contributed by atoms with Gasteiger partial charge in [0.05, 0.1) is 35.6 Å². The Bertz CT molecular complexity index is 1730. The Morgan fingerprint density at radius 3 is 2.30 bits per heavy atom. The van der Waals surface area contributed by atoms with E-state index < -0.39 is 34.8 Å². The van der Waals surface area contributed by atoms with E-state index in [0.717, 1.165) is 16.9 Å². The molecule has 0 N–H and O–H groups in total. The van der Waals surface area contributed by atoms with Gasteiger partial charge in [-0.15, -0.1) is 0 Å². The Morgan fingerprint density at radius 2 is 1.59 bits per heavy atom. The van der Waals surface area contributed by atoms with Crippen molar-refractivity contribution in [3.05, 3.63) is 118 Å². The van der Waals surface area contributed by atoms with Crippen molar-refractivity contribution >= 4 is 28.9 Å². The normalized spacial score (nSPS) is 18.9. The lowest BCUT2D eigenvalue weighted by Crippen LogP contribution is -2.37. The topological polar surface area (TPSA) is 121 Å². The number of hydroxylamine groups is 1. The summed E-state index contributed by atoms with van der Waals surface area (Å²) in [4.78, 5) is 46.4. The fourth-order valence-electron chi connectivity index (χ4n) is 5.72. The number of carbonyl (C=O) groups excluding carboxylic acids is 2. The Balaban J connectivity index is 1.37. The molecule has 11 heteroatoms. The molecule has 4 aromatic rings. The molecule has 46 heavy (non-hydrogen) atoms. The number of fused-ring (bicyclic) bond motifs is 1. The maximum atomic E-state index is 14.1. The predicted molar refractivity (Wildman–Crippen MR) is 170 cm³/mol. The Kier molecular flexibility index (Phi) is 8.84. The van der Waals surface area contributed by atoms with Crippen LogP contribution in [0.25, 0.3) is 0 Å². The zero-order valence-electron chi connectivity index (χ0n) is 25.4. The van der Waals surface area contributed by atoms with Gasteiger partial charge in [-0.05, 0) is 66.9 Å². The number of nitro groups is 1. The quantitative estimate of drug-likeness (QED) is 0.100. The second-order valence-electron chi connectivity index (χ2n) is 10.9. The maximum absolute atomic E-state index is 14.1. The number of hydrogen-bond donors (Lipinski definition) is 0. The van der Waals surface area contributed by atoms with Crippen LogP contribution >= 0.6 is 0 Å². The second kappa shape index (κ2) is 13.3. The molecular weight excluding hydrogens is 590 g/mol. The molecule has 2 amide bonds. The lowest BCUT2D eigenvalue weighted by Gasteiger charge is -2.29. The molecule has 0 unspecified atom stereocenters. The third-order valence-electron chi connectivity index (χ3n) is 7.82. The van der Waals surface area contributed by atoms with Gasteiger partial charge in [0.25, 0.3) is 11.6 Å². The first kappa shape index (κ1) is 30.6. The molecule has 2 aliphatic rings. The van der Waals surface area contributed by atoms with Crippen LogP contribution < -0.4 is 24.2 Å². The van der Waals surface area contributed by atoms with Gasteiger partial charge >= 0.3 is 0 Å². The summed E-state index contributed by atoms with van der Waals surface area (Å²) in [6.45, 7) is 5.09. The first-order valence-corrected chi connectivity index (χ1v) is 15.1. The Hall–Kier alpha value is -5.42. The predicted octanol–water partition coefficient (Wildman–Crippen LogP) is 6.41. The lowest BCUT2D eigenvalue weighted by atomic mass is 9.90. The summed E-state index contributed by atoms with van der Waals surface area (Å²) in [6, 6.07) is 26.9. The molecule has 0 aliphatic carbocycles. The van der Waals surface area contributed by atoms with E-state index in [1.54, 1.807) is 48.5 Å². The van der Waals surface area contributed by atoms with E-state index >= 15 is 0 Å². The van der Waals surface area contributed by atoms with E-state index in [-0.39, 0.29) is 5.69 Å². The van der Waals surface area contributed by atoms with Crippen LogP contribution in [0.2, 0.25) is 0 Å². The van der Waals surface area contributed by atoms with Crippen molar-refractivity contribution in [1.29, 1.82) is 0 Å². The number of non-ortho nitro benzene ring substituents is 1. The van der Waals surface area contributed by atoms with E-state index in [4.69, 9.17) is 19.0 Å². The van der Waals surface area contributed by atoms with E-state index in [9.17, 15) is 19.7 Å². The highest BCUT2D eigenvalue weighted by Crippen LogP contribution is 2.49.